The molecule has 0 amide bonds. The fraction of sp³-hybridized carbons (Fsp3) is 0.294. The molecule has 1 aliphatic rings. The average molecular weight is 346 g/mol. The van der Waals surface area contributed by atoms with Crippen LogP contribution in [-0.4, -0.2) is 31.1 Å². The molecule has 0 spiro atoms. The number of rotatable bonds is 4. The van der Waals surface area contributed by atoms with Crippen LogP contribution in [0.2, 0.25) is 0 Å². The second-order valence-electron chi connectivity index (χ2n) is 5.42. The van der Waals surface area contributed by atoms with Gasteiger partial charge in [0.25, 0.3) is 5.69 Å². The van der Waals surface area contributed by atoms with Crippen molar-refractivity contribution in [1.82, 2.24) is 5.32 Å². The van der Waals surface area contributed by atoms with E-state index in [2.05, 4.69) is 5.32 Å². The highest BCUT2D eigenvalue weighted by Crippen LogP contribution is 2.38. The molecular weight excluding hydrogens is 328 g/mol. The van der Waals surface area contributed by atoms with Crippen LogP contribution < -0.4 is 5.32 Å². The summed E-state index contributed by atoms with van der Waals surface area (Å²) in [5, 5.41) is 14.4. The largest absolute Gasteiger partial charge is 0.466 e. The summed E-state index contributed by atoms with van der Waals surface area (Å²) < 4.78 is 9.59. The molecule has 0 fully saturated rings. The van der Waals surface area contributed by atoms with Crippen LogP contribution in [-0.2, 0) is 19.1 Å². The summed E-state index contributed by atoms with van der Waals surface area (Å²) in [6, 6.07) is 5.28. The number of para-hydroxylation sites is 1. The van der Waals surface area contributed by atoms with Crippen LogP contribution in [0.15, 0.2) is 46.7 Å². The Kier molecular flexibility index (Phi) is 5.21. The van der Waals surface area contributed by atoms with E-state index in [9.17, 15) is 19.7 Å². The molecular formula is C17H18N2O6. The molecule has 8 nitrogen and oxygen atoms in total. The van der Waals surface area contributed by atoms with E-state index in [0.29, 0.717) is 16.8 Å². The Labute approximate surface area is 144 Å². The van der Waals surface area contributed by atoms with Gasteiger partial charge in [-0.15, -0.1) is 0 Å². The Morgan fingerprint density at radius 1 is 1.12 bits per heavy atom. The fourth-order valence-electron chi connectivity index (χ4n) is 2.91. The summed E-state index contributed by atoms with van der Waals surface area (Å²) in [5.41, 5.74) is 1.32. The molecule has 25 heavy (non-hydrogen) atoms. The van der Waals surface area contributed by atoms with E-state index in [4.69, 9.17) is 9.47 Å². The van der Waals surface area contributed by atoms with Crippen LogP contribution >= 0.6 is 0 Å². The Hall–Kier alpha value is -3.16. The minimum absolute atomic E-state index is 0.128. The Balaban J connectivity index is 2.70. The van der Waals surface area contributed by atoms with Gasteiger partial charge in [-0.25, -0.2) is 9.59 Å². The summed E-state index contributed by atoms with van der Waals surface area (Å²) in [4.78, 5) is 35.2. The smallest absolute Gasteiger partial charge is 0.339 e. The number of nitrogens with one attached hydrogen (secondary N) is 1. The molecule has 0 saturated heterocycles. The van der Waals surface area contributed by atoms with Crippen molar-refractivity contribution in [3.8, 4) is 0 Å². The van der Waals surface area contributed by atoms with Gasteiger partial charge in [-0.2, -0.15) is 0 Å². The van der Waals surface area contributed by atoms with Gasteiger partial charge in [-0.1, -0.05) is 12.1 Å². The number of allylic oxidation sites excluding steroid dienone is 1. The van der Waals surface area contributed by atoms with E-state index in [1.807, 2.05) is 0 Å². The molecule has 1 N–H and O–H groups in total. The highest BCUT2D eigenvalue weighted by atomic mass is 16.6. The molecule has 1 aliphatic heterocycles. The van der Waals surface area contributed by atoms with Crippen LogP contribution in [0, 0.1) is 10.1 Å². The van der Waals surface area contributed by atoms with E-state index in [1.165, 1.54) is 20.3 Å². The number of hydrogen-bond acceptors (Lipinski definition) is 7. The van der Waals surface area contributed by atoms with Gasteiger partial charge < -0.3 is 14.8 Å². The molecule has 132 valence electrons. The first-order chi connectivity index (χ1) is 11.8. The van der Waals surface area contributed by atoms with Crippen molar-refractivity contribution in [2.24, 2.45) is 0 Å². The lowest BCUT2D eigenvalue weighted by atomic mass is 9.86. The first kappa shape index (κ1) is 18.2. The van der Waals surface area contributed by atoms with Crippen molar-refractivity contribution in [1.29, 1.82) is 0 Å². The minimum Gasteiger partial charge on any atom is -0.466 e. The lowest BCUT2D eigenvalue weighted by molar-refractivity contribution is -0.385. The van der Waals surface area contributed by atoms with Gasteiger partial charge in [0.1, 0.15) is 0 Å². The molecule has 2 rings (SSSR count). The molecule has 0 unspecified atom stereocenters. The van der Waals surface area contributed by atoms with Crippen LogP contribution in [0.5, 0.6) is 0 Å². The van der Waals surface area contributed by atoms with Crippen LogP contribution in [0.4, 0.5) is 5.69 Å². The molecule has 0 radical (unpaired) electrons. The normalized spacial score (nSPS) is 17.0. The molecule has 1 aromatic carbocycles. The van der Waals surface area contributed by atoms with Crippen molar-refractivity contribution >= 4 is 17.6 Å². The van der Waals surface area contributed by atoms with Crippen molar-refractivity contribution in [3.05, 3.63) is 62.4 Å². The lowest BCUT2D eigenvalue weighted by Crippen LogP contribution is -2.34. The van der Waals surface area contributed by atoms with Gasteiger partial charge in [0.2, 0.25) is 0 Å². The number of carbonyl (C=O) groups is 2. The minimum atomic E-state index is -0.817. The molecule has 1 heterocycles. The van der Waals surface area contributed by atoms with E-state index < -0.39 is 22.9 Å². The molecule has 0 bridgehead atoms. The number of nitro benzene ring substituents is 1. The molecule has 1 aromatic rings. The number of ether oxygens (including phenoxy) is 2. The van der Waals surface area contributed by atoms with Crippen LogP contribution in [0.3, 0.4) is 0 Å². The SMILES string of the molecule is COC(=O)C1=C(C)N[C@@H](c2ccccc2[N+](=O)[O-])C(C(=O)OC)=C1C. The zero-order valence-corrected chi connectivity index (χ0v) is 14.3. The van der Waals surface area contributed by atoms with E-state index in [0.717, 1.165) is 0 Å². The average Bonchev–Trinajstić information content (AvgIpc) is 2.60. The monoisotopic (exact) mass is 346 g/mol. The van der Waals surface area contributed by atoms with Crippen LogP contribution in [0.1, 0.15) is 25.5 Å². The number of hydrogen-bond donors (Lipinski definition) is 1. The van der Waals surface area contributed by atoms with E-state index in [1.54, 1.807) is 32.0 Å². The molecule has 0 aromatic heterocycles. The Morgan fingerprint density at radius 3 is 2.28 bits per heavy atom. The van der Waals surface area contributed by atoms with Gasteiger partial charge in [-0.05, 0) is 25.5 Å². The number of methoxy groups -OCH3 is 2. The fourth-order valence-corrected chi connectivity index (χ4v) is 2.91. The third kappa shape index (κ3) is 3.23. The number of nitrogens with zero attached hydrogens (tertiary/aromatic N) is 1. The number of esters is 2. The van der Waals surface area contributed by atoms with Crippen molar-refractivity contribution < 1.29 is 24.0 Å². The Bertz CT molecular complexity index is 809. The van der Waals surface area contributed by atoms with Gasteiger partial charge >= 0.3 is 11.9 Å². The molecule has 0 saturated carbocycles. The number of dihydropyridines is 1. The number of carbonyl (C=O) groups excluding carboxylic acids is 2. The molecule has 1 atom stereocenters. The predicted molar refractivity (Wildman–Crippen MR) is 88.4 cm³/mol. The third-order valence-electron chi connectivity index (χ3n) is 4.04. The van der Waals surface area contributed by atoms with Crippen molar-refractivity contribution in [3.63, 3.8) is 0 Å². The second kappa shape index (κ2) is 7.16. The maximum Gasteiger partial charge on any atom is 0.339 e. The van der Waals surface area contributed by atoms with E-state index in [-0.39, 0.29) is 16.8 Å². The van der Waals surface area contributed by atoms with Crippen molar-refractivity contribution in [2.75, 3.05) is 14.2 Å². The number of nitro groups is 1. The maximum absolute atomic E-state index is 12.3. The van der Waals surface area contributed by atoms with Crippen LogP contribution in [0.25, 0.3) is 0 Å². The van der Waals surface area contributed by atoms with E-state index >= 15 is 0 Å². The summed E-state index contributed by atoms with van der Waals surface area (Å²) in [5.74, 6) is -1.29. The van der Waals surface area contributed by atoms with Gasteiger partial charge in [0.15, 0.2) is 0 Å². The van der Waals surface area contributed by atoms with Gasteiger partial charge in [0.05, 0.1) is 41.9 Å². The summed E-state index contributed by atoms with van der Waals surface area (Å²) in [7, 11) is 2.45. The topological polar surface area (TPSA) is 108 Å². The summed E-state index contributed by atoms with van der Waals surface area (Å²) in [6.07, 6.45) is 0. The second-order valence-corrected chi connectivity index (χ2v) is 5.42. The van der Waals surface area contributed by atoms with Gasteiger partial charge in [0, 0.05) is 11.8 Å². The third-order valence-corrected chi connectivity index (χ3v) is 4.04. The zero-order chi connectivity index (χ0) is 18.7. The summed E-state index contributed by atoms with van der Waals surface area (Å²) >= 11 is 0. The first-order valence-corrected chi connectivity index (χ1v) is 7.42. The molecule has 0 aliphatic carbocycles. The maximum atomic E-state index is 12.3. The molecule has 8 heteroatoms. The van der Waals surface area contributed by atoms with Crippen molar-refractivity contribution in [2.45, 2.75) is 19.9 Å². The van der Waals surface area contributed by atoms with Gasteiger partial charge in [-0.3, -0.25) is 10.1 Å². The Morgan fingerprint density at radius 2 is 1.72 bits per heavy atom. The first-order valence-electron chi connectivity index (χ1n) is 7.42. The highest BCUT2D eigenvalue weighted by Gasteiger charge is 2.36. The predicted octanol–water partition coefficient (Wildman–Crippen LogP) is 2.18. The summed E-state index contributed by atoms with van der Waals surface area (Å²) in [6.45, 7) is 3.23. The highest BCUT2D eigenvalue weighted by molar-refractivity contribution is 6.00. The lowest BCUT2D eigenvalue weighted by Gasteiger charge is -2.30. The quantitative estimate of drug-likeness (QED) is 0.506. The zero-order valence-electron chi connectivity index (χ0n) is 14.3. The number of benzene rings is 1. The standard InChI is InChI=1S/C17H18N2O6/c1-9-13(16(20)24-3)10(2)18-15(14(9)17(21)25-4)11-7-5-6-8-12(11)19(22)23/h5-8,15,18H,1-4H3/t15-/m0/s1.